The van der Waals surface area contributed by atoms with E-state index in [4.69, 9.17) is 9.84 Å². The Morgan fingerprint density at radius 3 is 2.43 bits per heavy atom. The zero-order valence-corrected chi connectivity index (χ0v) is 12.9. The highest BCUT2D eigenvalue weighted by Crippen LogP contribution is 2.28. The van der Waals surface area contributed by atoms with Gasteiger partial charge in [-0.3, -0.25) is 4.57 Å². The highest BCUT2D eigenvalue weighted by atomic mass is 16.6. The third-order valence-corrected chi connectivity index (χ3v) is 4.54. The van der Waals surface area contributed by atoms with Gasteiger partial charge in [0.05, 0.1) is 6.61 Å². The number of nitrogens with zero attached hydrogens (tertiary/aromatic N) is 3. The summed E-state index contributed by atoms with van der Waals surface area (Å²) in [5.74, 6) is 0.625. The van der Waals surface area contributed by atoms with Gasteiger partial charge < -0.3 is 25.0 Å². The van der Waals surface area contributed by atoms with E-state index in [2.05, 4.69) is 9.88 Å². The van der Waals surface area contributed by atoms with Gasteiger partial charge in [-0.05, 0) is 18.9 Å². The fourth-order valence-corrected chi connectivity index (χ4v) is 3.18. The van der Waals surface area contributed by atoms with Crippen LogP contribution in [0.15, 0.2) is 17.1 Å². The zero-order chi connectivity index (χ0) is 16.4. The largest absolute Gasteiger partial charge is 0.394 e. The fraction of sp³-hybridized carbons (Fsp3) is 0.733. The van der Waals surface area contributed by atoms with Crippen molar-refractivity contribution in [2.75, 3.05) is 24.6 Å². The molecule has 3 heterocycles. The van der Waals surface area contributed by atoms with E-state index in [1.807, 2.05) is 0 Å². The standard InChI is InChI=1S/C15H23N3O5/c19-9-10-12(20)13(21)14(23-10)18-8-5-11(16-15(18)22)17-6-3-1-2-4-7-17/h5,8,10,12-14,19-21H,1-4,6-7,9H2/t10-,12+,13-,14-/m0/s1. The number of rotatable bonds is 3. The molecule has 1 aromatic heterocycles. The van der Waals surface area contributed by atoms with Crippen molar-refractivity contribution in [3.05, 3.63) is 22.7 Å². The molecular formula is C15H23N3O5. The Hall–Kier alpha value is -1.48. The molecule has 0 radical (unpaired) electrons. The molecule has 3 rings (SSSR count). The second-order valence-corrected chi connectivity index (χ2v) is 6.11. The van der Waals surface area contributed by atoms with Gasteiger partial charge in [-0.25, -0.2) is 4.79 Å². The van der Waals surface area contributed by atoms with Crippen molar-refractivity contribution in [2.45, 2.75) is 50.2 Å². The minimum atomic E-state index is -1.28. The lowest BCUT2D eigenvalue weighted by Crippen LogP contribution is -2.37. The van der Waals surface area contributed by atoms with E-state index in [1.165, 1.54) is 19.0 Å². The molecule has 2 fully saturated rings. The Labute approximate surface area is 134 Å². The molecule has 8 heteroatoms. The van der Waals surface area contributed by atoms with Crippen molar-refractivity contribution in [3.63, 3.8) is 0 Å². The fourth-order valence-electron chi connectivity index (χ4n) is 3.18. The smallest absolute Gasteiger partial charge is 0.351 e. The summed E-state index contributed by atoms with van der Waals surface area (Å²) in [5.41, 5.74) is -0.540. The van der Waals surface area contributed by atoms with Gasteiger partial charge in [0.15, 0.2) is 6.23 Å². The summed E-state index contributed by atoms with van der Waals surface area (Å²) < 4.78 is 6.52. The maximum Gasteiger partial charge on any atom is 0.351 e. The molecule has 8 nitrogen and oxygen atoms in total. The highest BCUT2D eigenvalue weighted by molar-refractivity contribution is 5.36. The Bertz CT molecular complexity index is 585. The predicted molar refractivity (Wildman–Crippen MR) is 82.2 cm³/mol. The number of aromatic nitrogens is 2. The number of aliphatic hydroxyl groups excluding tert-OH is 3. The van der Waals surface area contributed by atoms with Crippen molar-refractivity contribution >= 4 is 5.82 Å². The SMILES string of the molecule is O=c1nc(N2CCCCCC2)ccn1[C@H]1O[C@@H](CO)[C@@H](O)[C@@H]1O. The van der Waals surface area contributed by atoms with Crippen LogP contribution >= 0.6 is 0 Å². The van der Waals surface area contributed by atoms with E-state index in [9.17, 15) is 15.0 Å². The molecule has 23 heavy (non-hydrogen) atoms. The summed E-state index contributed by atoms with van der Waals surface area (Å²) in [6.45, 7) is 1.33. The first kappa shape index (κ1) is 16.4. The summed E-state index contributed by atoms with van der Waals surface area (Å²) >= 11 is 0. The number of hydrogen-bond donors (Lipinski definition) is 3. The van der Waals surface area contributed by atoms with E-state index in [-0.39, 0.29) is 0 Å². The maximum absolute atomic E-state index is 12.3. The molecule has 2 saturated heterocycles. The van der Waals surface area contributed by atoms with Crippen molar-refractivity contribution < 1.29 is 20.1 Å². The first-order chi connectivity index (χ1) is 11.1. The molecule has 0 aromatic carbocycles. The van der Waals surface area contributed by atoms with Crippen LogP contribution in [0.5, 0.6) is 0 Å². The van der Waals surface area contributed by atoms with Crippen LogP contribution in [0.3, 0.4) is 0 Å². The molecule has 2 aliphatic heterocycles. The minimum absolute atomic E-state index is 0.428. The summed E-state index contributed by atoms with van der Waals surface area (Å²) in [6.07, 6.45) is 1.60. The molecule has 0 saturated carbocycles. The van der Waals surface area contributed by atoms with Crippen molar-refractivity contribution in [2.24, 2.45) is 0 Å². The van der Waals surface area contributed by atoms with Crippen molar-refractivity contribution in [1.82, 2.24) is 9.55 Å². The molecule has 0 spiro atoms. The van der Waals surface area contributed by atoms with Crippen LogP contribution in [0.1, 0.15) is 31.9 Å². The molecule has 0 unspecified atom stereocenters. The van der Waals surface area contributed by atoms with E-state index in [0.717, 1.165) is 30.5 Å². The summed E-state index contributed by atoms with van der Waals surface area (Å²) in [6, 6.07) is 1.72. The maximum atomic E-state index is 12.3. The molecular weight excluding hydrogens is 302 g/mol. The summed E-state index contributed by atoms with van der Waals surface area (Å²) in [4.78, 5) is 18.5. The second kappa shape index (κ2) is 6.96. The molecule has 128 valence electrons. The molecule has 3 N–H and O–H groups in total. The molecule has 2 aliphatic rings. The van der Waals surface area contributed by atoms with Crippen LogP contribution in [0, 0.1) is 0 Å². The van der Waals surface area contributed by atoms with Gasteiger partial charge in [0.1, 0.15) is 24.1 Å². The van der Waals surface area contributed by atoms with E-state index in [1.54, 1.807) is 6.07 Å². The van der Waals surface area contributed by atoms with Crippen LogP contribution in [0.4, 0.5) is 5.82 Å². The average molecular weight is 325 g/mol. The average Bonchev–Trinajstić information content (AvgIpc) is 2.76. The third kappa shape index (κ3) is 3.25. The first-order valence-electron chi connectivity index (χ1n) is 8.08. The van der Waals surface area contributed by atoms with Gasteiger partial charge in [0.2, 0.25) is 0 Å². The van der Waals surface area contributed by atoms with Crippen molar-refractivity contribution in [1.29, 1.82) is 0 Å². The molecule has 4 atom stereocenters. The van der Waals surface area contributed by atoms with Gasteiger partial charge in [0.25, 0.3) is 0 Å². The van der Waals surface area contributed by atoms with Crippen LogP contribution < -0.4 is 10.6 Å². The second-order valence-electron chi connectivity index (χ2n) is 6.11. The highest BCUT2D eigenvalue weighted by Gasteiger charge is 2.43. The van der Waals surface area contributed by atoms with E-state index < -0.39 is 36.8 Å². The monoisotopic (exact) mass is 325 g/mol. The van der Waals surface area contributed by atoms with Gasteiger partial charge in [-0.2, -0.15) is 4.98 Å². The molecule has 0 amide bonds. The minimum Gasteiger partial charge on any atom is -0.394 e. The van der Waals surface area contributed by atoms with Crippen LogP contribution in [-0.2, 0) is 4.74 Å². The molecule has 1 aromatic rings. The Morgan fingerprint density at radius 2 is 1.87 bits per heavy atom. The number of aliphatic hydroxyl groups is 3. The molecule has 0 bridgehead atoms. The quantitative estimate of drug-likeness (QED) is 0.670. The number of hydrogen-bond acceptors (Lipinski definition) is 7. The lowest BCUT2D eigenvalue weighted by molar-refractivity contribution is -0.0549. The Morgan fingerprint density at radius 1 is 1.17 bits per heavy atom. The predicted octanol–water partition coefficient (Wildman–Crippen LogP) is -0.765. The van der Waals surface area contributed by atoms with Crippen LogP contribution in [0.2, 0.25) is 0 Å². The van der Waals surface area contributed by atoms with Gasteiger partial charge >= 0.3 is 5.69 Å². The normalized spacial score (nSPS) is 32.0. The summed E-state index contributed by atoms with van der Waals surface area (Å²) in [7, 11) is 0. The van der Waals surface area contributed by atoms with Gasteiger partial charge in [-0.15, -0.1) is 0 Å². The molecule has 0 aliphatic carbocycles. The zero-order valence-electron chi connectivity index (χ0n) is 12.9. The van der Waals surface area contributed by atoms with Crippen LogP contribution in [0.25, 0.3) is 0 Å². The first-order valence-corrected chi connectivity index (χ1v) is 8.08. The number of ether oxygens (including phenoxy) is 1. The topological polar surface area (TPSA) is 108 Å². The van der Waals surface area contributed by atoms with Crippen molar-refractivity contribution in [3.8, 4) is 0 Å². The lowest BCUT2D eigenvalue weighted by atomic mass is 10.1. The lowest BCUT2D eigenvalue weighted by Gasteiger charge is -2.22. The number of anilines is 1. The van der Waals surface area contributed by atoms with Crippen LogP contribution in [-0.4, -0.2) is 62.9 Å². The van der Waals surface area contributed by atoms with E-state index in [0.29, 0.717) is 5.82 Å². The van der Waals surface area contributed by atoms with Gasteiger partial charge in [0, 0.05) is 19.3 Å². The Balaban J connectivity index is 1.81. The van der Waals surface area contributed by atoms with Gasteiger partial charge in [-0.1, -0.05) is 12.8 Å². The Kier molecular flexibility index (Phi) is 4.96. The summed E-state index contributed by atoms with van der Waals surface area (Å²) in [5, 5.41) is 28.9. The third-order valence-electron chi connectivity index (χ3n) is 4.54. The van der Waals surface area contributed by atoms with E-state index >= 15 is 0 Å².